The molecule has 1 saturated heterocycles. The van der Waals surface area contributed by atoms with E-state index in [1.165, 1.54) is 16.8 Å². The fourth-order valence-electron chi connectivity index (χ4n) is 4.18. The molecule has 33 heavy (non-hydrogen) atoms. The third kappa shape index (κ3) is 5.92. The molecule has 2 atom stereocenters. The van der Waals surface area contributed by atoms with Crippen LogP contribution in [0.2, 0.25) is 0 Å². The molecular weight excluding hydrogens is 410 g/mol. The number of piperidine rings is 1. The average molecular weight is 446 g/mol. The topological polar surface area (TPSA) is 70.4 Å². The van der Waals surface area contributed by atoms with E-state index in [9.17, 15) is 0 Å². The van der Waals surface area contributed by atoms with Gasteiger partial charge < -0.3 is 20.1 Å². The monoisotopic (exact) mass is 445 g/mol. The van der Waals surface area contributed by atoms with Crippen LogP contribution in [0.15, 0.2) is 59.6 Å². The molecule has 1 aliphatic heterocycles. The van der Waals surface area contributed by atoms with Gasteiger partial charge in [-0.3, -0.25) is 0 Å². The van der Waals surface area contributed by atoms with Crippen molar-refractivity contribution in [2.24, 2.45) is 12.0 Å². The Kier molecular flexibility index (Phi) is 7.27. The van der Waals surface area contributed by atoms with Crippen molar-refractivity contribution in [3.8, 4) is 0 Å². The molecule has 1 aromatic heterocycles. The van der Waals surface area contributed by atoms with Crippen molar-refractivity contribution >= 4 is 11.6 Å². The Morgan fingerprint density at radius 1 is 1.09 bits per heavy atom. The molecule has 174 valence electrons. The number of benzene rings is 2. The minimum atomic E-state index is 0.135. The maximum Gasteiger partial charge on any atom is 0.192 e. The summed E-state index contributed by atoms with van der Waals surface area (Å²) >= 11 is 0. The second-order valence-corrected chi connectivity index (χ2v) is 8.93. The number of aromatic nitrogens is 3. The van der Waals surface area contributed by atoms with Gasteiger partial charge >= 0.3 is 0 Å². The standard InChI is InChI=1S/C26H35N7/c1-19-12-14-24(15-13-19)33-16-8-11-23(18-33)29-26(27-17-25-31-30-21(3)32(25)4)28-20(2)22-9-6-5-7-10-22/h5-7,9-10,12-15,20,23H,8,11,16-18H2,1-4H3,(H2,27,28,29). The van der Waals surface area contributed by atoms with Gasteiger partial charge in [0.1, 0.15) is 12.4 Å². The Balaban J connectivity index is 1.48. The van der Waals surface area contributed by atoms with E-state index < -0.39 is 0 Å². The number of hydrogen-bond donors (Lipinski definition) is 2. The van der Waals surface area contributed by atoms with Crippen molar-refractivity contribution in [1.29, 1.82) is 0 Å². The third-order valence-electron chi connectivity index (χ3n) is 6.38. The summed E-state index contributed by atoms with van der Waals surface area (Å²) in [6.45, 7) is 8.76. The first kappa shape index (κ1) is 22.8. The minimum absolute atomic E-state index is 0.135. The van der Waals surface area contributed by atoms with E-state index >= 15 is 0 Å². The lowest BCUT2D eigenvalue weighted by molar-refractivity contribution is 0.465. The molecule has 3 aromatic rings. The van der Waals surface area contributed by atoms with E-state index in [1.807, 2.05) is 24.6 Å². The van der Waals surface area contributed by atoms with E-state index in [-0.39, 0.29) is 6.04 Å². The van der Waals surface area contributed by atoms with Crippen LogP contribution in [0.4, 0.5) is 5.69 Å². The van der Waals surface area contributed by atoms with Gasteiger partial charge in [0, 0.05) is 31.9 Å². The summed E-state index contributed by atoms with van der Waals surface area (Å²) in [5, 5.41) is 15.7. The Morgan fingerprint density at radius 2 is 1.85 bits per heavy atom. The van der Waals surface area contributed by atoms with E-state index in [1.54, 1.807) is 0 Å². The highest BCUT2D eigenvalue weighted by atomic mass is 15.3. The summed E-state index contributed by atoms with van der Waals surface area (Å²) in [4.78, 5) is 7.35. The van der Waals surface area contributed by atoms with Gasteiger partial charge in [-0.15, -0.1) is 10.2 Å². The highest BCUT2D eigenvalue weighted by molar-refractivity contribution is 5.80. The van der Waals surface area contributed by atoms with Crippen LogP contribution in [0, 0.1) is 13.8 Å². The summed E-state index contributed by atoms with van der Waals surface area (Å²) in [6, 6.07) is 19.7. The summed E-state index contributed by atoms with van der Waals surface area (Å²) in [7, 11) is 1.98. The predicted molar refractivity (Wildman–Crippen MR) is 134 cm³/mol. The fourth-order valence-corrected chi connectivity index (χ4v) is 4.18. The molecule has 1 aliphatic rings. The number of hydrogen-bond acceptors (Lipinski definition) is 4. The molecule has 0 bridgehead atoms. The zero-order valence-electron chi connectivity index (χ0n) is 20.1. The van der Waals surface area contributed by atoms with Crippen LogP contribution in [0.3, 0.4) is 0 Å². The van der Waals surface area contributed by atoms with Gasteiger partial charge in [0.25, 0.3) is 0 Å². The smallest absolute Gasteiger partial charge is 0.192 e. The molecule has 2 unspecified atom stereocenters. The summed E-state index contributed by atoms with van der Waals surface area (Å²) < 4.78 is 1.99. The normalized spacial score (nSPS) is 17.6. The molecular formula is C26H35N7. The number of guanidine groups is 1. The Hall–Kier alpha value is -3.35. The molecule has 4 rings (SSSR count). The molecule has 7 nitrogen and oxygen atoms in total. The third-order valence-corrected chi connectivity index (χ3v) is 6.38. The van der Waals surface area contributed by atoms with E-state index in [4.69, 9.17) is 4.99 Å². The molecule has 0 radical (unpaired) electrons. The summed E-state index contributed by atoms with van der Waals surface area (Å²) in [6.07, 6.45) is 2.27. The number of nitrogens with one attached hydrogen (secondary N) is 2. The summed E-state index contributed by atoms with van der Waals surface area (Å²) in [5.41, 5.74) is 3.80. The maximum atomic E-state index is 4.89. The molecule has 1 fully saturated rings. The van der Waals surface area contributed by atoms with E-state index in [2.05, 4.69) is 88.1 Å². The number of anilines is 1. The van der Waals surface area contributed by atoms with Crippen LogP contribution in [-0.2, 0) is 13.6 Å². The fraction of sp³-hybridized carbons (Fsp3) is 0.423. The van der Waals surface area contributed by atoms with Crippen LogP contribution in [0.1, 0.15) is 48.6 Å². The van der Waals surface area contributed by atoms with Crippen LogP contribution >= 0.6 is 0 Å². The van der Waals surface area contributed by atoms with Crippen LogP contribution in [0.5, 0.6) is 0 Å². The zero-order chi connectivity index (χ0) is 23.2. The molecule has 0 aliphatic carbocycles. The Morgan fingerprint density at radius 3 is 2.55 bits per heavy atom. The van der Waals surface area contributed by atoms with E-state index in [0.29, 0.717) is 12.6 Å². The second-order valence-electron chi connectivity index (χ2n) is 8.93. The Bertz CT molecular complexity index is 1060. The largest absolute Gasteiger partial charge is 0.369 e. The zero-order valence-corrected chi connectivity index (χ0v) is 20.1. The number of nitrogens with zero attached hydrogens (tertiary/aromatic N) is 5. The second kappa shape index (κ2) is 10.5. The van der Waals surface area contributed by atoms with Crippen LogP contribution in [-0.4, -0.2) is 39.9 Å². The maximum absolute atomic E-state index is 4.89. The number of aliphatic imine (C=N–C) groups is 1. The van der Waals surface area contributed by atoms with E-state index in [0.717, 1.165) is 43.5 Å². The van der Waals surface area contributed by atoms with Crippen molar-refractivity contribution in [3.63, 3.8) is 0 Å². The van der Waals surface area contributed by atoms with Crippen LogP contribution < -0.4 is 15.5 Å². The van der Waals surface area contributed by atoms with Gasteiger partial charge in [0.05, 0.1) is 6.04 Å². The number of aryl methyl sites for hydroxylation is 2. The first-order chi connectivity index (χ1) is 16.0. The first-order valence-corrected chi connectivity index (χ1v) is 11.8. The lowest BCUT2D eigenvalue weighted by atomic mass is 10.0. The molecule has 2 heterocycles. The van der Waals surface area contributed by atoms with Gasteiger partial charge in [-0.25, -0.2) is 4.99 Å². The molecule has 7 heteroatoms. The molecule has 2 N–H and O–H groups in total. The molecule has 0 saturated carbocycles. The first-order valence-electron chi connectivity index (χ1n) is 11.8. The highest BCUT2D eigenvalue weighted by Crippen LogP contribution is 2.20. The Labute approximate surface area is 197 Å². The van der Waals surface area contributed by atoms with Crippen LogP contribution in [0.25, 0.3) is 0 Å². The lowest BCUT2D eigenvalue weighted by Gasteiger charge is -2.36. The average Bonchev–Trinajstić information content (AvgIpc) is 3.16. The molecule has 2 aromatic carbocycles. The molecule has 0 spiro atoms. The summed E-state index contributed by atoms with van der Waals surface area (Å²) in [5.74, 6) is 2.55. The van der Waals surface area contributed by atoms with Crippen molar-refractivity contribution in [2.75, 3.05) is 18.0 Å². The van der Waals surface area contributed by atoms with Gasteiger partial charge in [-0.05, 0) is 51.3 Å². The van der Waals surface area contributed by atoms with Crippen molar-refractivity contribution in [1.82, 2.24) is 25.4 Å². The quantitative estimate of drug-likeness (QED) is 0.445. The highest BCUT2D eigenvalue weighted by Gasteiger charge is 2.22. The van der Waals surface area contributed by atoms with Gasteiger partial charge in [0.15, 0.2) is 11.8 Å². The predicted octanol–water partition coefficient (Wildman–Crippen LogP) is 3.90. The van der Waals surface area contributed by atoms with Crippen molar-refractivity contribution in [3.05, 3.63) is 77.4 Å². The minimum Gasteiger partial charge on any atom is -0.369 e. The lowest BCUT2D eigenvalue weighted by Crippen LogP contribution is -2.51. The van der Waals surface area contributed by atoms with Gasteiger partial charge in [-0.2, -0.15) is 0 Å². The SMILES string of the molecule is Cc1ccc(N2CCCC(NC(=NCc3nnc(C)n3C)NC(C)c3ccccc3)C2)cc1. The number of rotatable bonds is 6. The van der Waals surface area contributed by atoms with Crippen molar-refractivity contribution < 1.29 is 0 Å². The van der Waals surface area contributed by atoms with Crippen molar-refractivity contribution in [2.45, 2.75) is 52.2 Å². The van der Waals surface area contributed by atoms with Gasteiger partial charge in [0.2, 0.25) is 0 Å². The van der Waals surface area contributed by atoms with Gasteiger partial charge in [-0.1, -0.05) is 48.0 Å². The molecule has 0 amide bonds.